The van der Waals surface area contributed by atoms with Gasteiger partial charge in [0.25, 0.3) is 0 Å². The van der Waals surface area contributed by atoms with Crippen LogP contribution < -0.4 is 5.32 Å². The molecule has 0 saturated heterocycles. The van der Waals surface area contributed by atoms with E-state index in [-0.39, 0.29) is 5.41 Å². The molecule has 2 nitrogen and oxygen atoms in total. The van der Waals surface area contributed by atoms with E-state index in [9.17, 15) is 4.21 Å². The highest BCUT2D eigenvalue weighted by Crippen LogP contribution is 2.20. The largest absolute Gasteiger partial charge is 0.316 e. The Morgan fingerprint density at radius 3 is 2.14 bits per heavy atom. The molecule has 3 heteroatoms. The number of hydrogen-bond donors (Lipinski definition) is 1. The van der Waals surface area contributed by atoms with E-state index in [2.05, 4.69) is 39.9 Å². The summed E-state index contributed by atoms with van der Waals surface area (Å²) in [7, 11) is 1.24. The lowest BCUT2D eigenvalue weighted by atomic mass is 9.88. The van der Waals surface area contributed by atoms with Crippen LogP contribution in [-0.2, 0) is 10.8 Å². The van der Waals surface area contributed by atoms with Crippen LogP contribution in [-0.4, -0.2) is 28.3 Å². The number of nitrogens with one attached hydrogen (secondary N) is 1. The molecule has 0 aliphatic carbocycles. The van der Waals surface area contributed by atoms with Gasteiger partial charge in [-0.25, -0.2) is 0 Å². The summed E-state index contributed by atoms with van der Waals surface area (Å²) in [5.41, 5.74) is 0.178. The molecule has 14 heavy (non-hydrogen) atoms. The minimum absolute atomic E-state index is 0.178. The zero-order valence-corrected chi connectivity index (χ0v) is 11.2. The Kier molecular flexibility index (Phi) is 5.91. The van der Waals surface area contributed by atoms with Crippen molar-refractivity contribution in [3.8, 4) is 0 Å². The van der Waals surface area contributed by atoms with Crippen molar-refractivity contribution >= 4 is 10.8 Å². The van der Waals surface area contributed by atoms with Gasteiger partial charge in [-0.1, -0.05) is 34.6 Å². The maximum absolute atomic E-state index is 11.9. The Bertz CT molecular complexity index is 186. The highest BCUT2D eigenvalue weighted by atomic mass is 32.2. The van der Waals surface area contributed by atoms with E-state index in [1.54, 1.807) is 0 Å². The van der Waals surface area contributed by atoms with Gasteiger partial charge in [0.1, 0.15) is 0 Å². The maximum Gasteiger partial charge on any atom is 0.0396 e. The third-order valence-corrected chi connectivity index (χ3v) is 4.64. The molecule has 0 heterocycles. The average Bonchev–Trinajstić information content (AvgIpc) is 2.10. The second-order valence-corrected chi connectivity index (χ2v) is 6.87. The molecule has 0 fully saturated rings. The average molecular weight is 219 g/mol. The summed E-state index contributed by atoms with van der Waals surface area (Å²) >= 11 is 0. The van der Waals surface area contributed by atoms with Gasteiger partial charge in [-0.15, -0.1) is 0 Å². The van der Waals surface area contributed by atoms with E-state index in [0.717, 1.165) is 12.2 Å². The molecular formula is C11H25NOS. The van der Waals surface area contributed by atoms with Crippen molar-refractivity contribution in [1.29, 1.82) is 0 Å². The Morgan fingerprint density at radius 1 is 1.36 bits per heavy atom. The highest BCUT2D eigenvalue weighted by molar-refractivity contribution is 7.85. The Labute approximate surface area is 91.3 Å². The molecule has 0 radical (unpaired) electrons. The fourth-order valence-electron chi connectivity index (χ4n) is 1.28. The van der Waals surface area contributed by atoms with Gasteiger partial charge >= 0.3 is 0 Å². The Balaban J connectivity index is 4.26. The van der Waals surface area contributed by atoms with Gasteiger partial charge in [0.05, 0.1) is 0 Å². The van der Waals surface area contributed by atoms with E-state index in [0.29, 0.717) is 11.3 Å². The first kappa shape index (κ1) is 14.1. The highest BCUT2D eigenvalue weighted by Gasteiger charge is 2.25. The lowest BCUT2D eigenvalue weighted by molar-refractivity contribution is 0.304. The van der Waals surface area contributed by atoms with Gasteiger partial charge in [0.15, 0.2) is 0 Å². The van der Waals surface area contributed by atoms with Crippen LogP contribution in [0.5, 0.6) is 0 Å². The summed E-state index contributed by atoms with van der Waals surface area (Å²) in [6.07, 6.45) is 0.993. The van der Waals surface area contributed by atoms with Gasteiger partial charge in [-0.2, -0.15) is 0 Å². The fourth-order valence-corrected chi connectivity index (χ4v) is 2.98. The summed E-state index contributed by atoms with van der Waals surface area (Å²) in [5.74, 6) is 0.759. The molecule has 0 aliphatic heterocycles. The van der Waals surface area contributed by atoms with Crippen LogP contribution in [0.3, 0.4) is 0 Å². The Hall–Kier alpha value is 0.110. The lowest BCUT2D eigenvalue weighted by Crippen LogP contribution is -2.43. The third-order valence-electron chi connectivity index (χ3n) is 2.75. The molecule has 0 aromatic carbocycles. The van der Waals surface area contributed by atoms with Gasteiger partial charge in [-0.05, 0) is 18.9 Å². The minimum Gasteiger partial charge on any atom is -0.316 e. The number of rotatable bonds is 5. The zero-order chi connectivity index (χ0) is 11.4. The van der Waals surface area contributed by atoms with Crippen LogP contribution >= 0.6 is 0 Å². The van der Waals surface area contributed by atoms with Gasteiger partial charge in [0.2, 0.25) is 0 Å². The van der Waals surface area contributed by atoms with Crippen LogP contribution in [0.2, 0.25) is 0 Å². The molecule has 0 rings (SSSR count). The van der Waals surface area contributed by atoms with E-state index >= 15 is 0 Å². The summed E-state index contributed by atoms with van der Waals surface area (Å²) in [4.78, 5) is 0. The molecule has 0 saturated carbocycles. The molecule has 0 bridgehead atoms. The van der Waals surface area contributed by atoms with E-state index in [4.69, 9.17) is 0 Å². The van der Waals surface area contributed by atoms with Crippen molar-refractivity contribution in [3.05, 3.63) is 0 Å². The molecule has 0 aromatic rings. The smallest absolute Gasteiger partial charge is 0.0396 e. The molecule has 1 N–H and O–H groups in total. The van der Waals surface area contributed by atoms with Crippen molar-refractivity contribution in [1.82, 2.24) is 5.32 Å². The molecule has 0 aromatic heterocycles. The lowest BCUT2D eigenvalue weighted by Gasteiger charge is -2.30. The van der Waals surface area contributed by atoms with Crippen molar-refractivity contribution in [2.75, 3.05) is 12.8 Å². The quantitative estimate of drug-likeness (QED) is 0.768. The summed E-state index contributed by atoms with van der Waals surface area (Å²) in [5, 5.41) is 3.57. The standard InChI is InChI=1S/C11H25NOS/c1-7-9(2)14(13)8-10(12-6)11(3,4)5/h9-10,12H,7-8H2,1-6H3. The minimum atomic E-state index is -0.704. The zero-order valence-electron chi connectivity index (χ0n) is 10.4. The van der Waals surface area contributed by atoms with Crippen molar-refractivity contribution in [2.24, 2.45) is 5.41 Å². The monoisotopic (exact) mass is 219 g/mol. The van der Waals surface area contributed by atoms with Crippen molar-refractivity contribution in [2.45, 2.75) is 52.3 Å². The second kappa shape index (κ2) is 5.86. The van der Waals surface area contributed by atoms with Crippen molar-refractivity contribution in [3.63, 3.8) is 0 Å². The normalized spacial score (nSPS) is 19.0. The Morgan fingerprint density at radius 2 is 1.86 bits per heavy atom. The van der Waals surface area contributed by atoms with Gasteiger partial charge in [-0.3, -0.25) is 4.21 Å². The van der Waals surface area contributed by atoms with E-state index in [1.165, 1.54) is 0 Å². The topological polar surface area (TPSA) is 29.1 Å². The third kappa shape index (κ3) is 4.56. The summed E-state index contributed by atoms with van der Waals surface area (Å²) < 4.78 is 11.9. The SMILES string of the molecule is CCC(C)S(=O)CC(NC)C(C)(C)C. The van der Waals surface area contributed by atoms with Crippen LogP contribution in [0.4, 0.5) is 0 Å². The molecule has 86 valence electrons. The second-order valence-electron chi connectivity index (χ2n) is 4.97. The predicted molar refractivity (Wildman–Crippen MR) is 65.1 cm³/mol. The van der Waals surface area contributed by atoms with Gasteiger partial charge in [0, 0.05) is 27.8 Å². The van der Waals surface area contributed by atoms with Crippen LogP contribution in [0, 0.1) is 5.41 Å². The first-order valence-electron chi connectivity index (χ1n) is 5.37. The summed E-state index contributed by atoms with van der Waals surface area (Å²) in [6.45, 7) is 10.7. The molecule has 3 atom stereocenters. The van der Waals surface area contributed by atoms with Crippen LogP contribution in [0.1, 0.15) is 41.0 Å². The van der Waals surface area contributed by atoms with Crippen molar-refractivity contribution < 1.29 is 4.21 Å². The van der Waals surface area contributed by atoms with E-state index in [1.807, 2.05) is 7.05 Å². The predicted octanol–water partition coefficient (Wildman–Crippen LogP) is 2.17. The molecular weight excluding hydrogens is 194 g/mol. The number of hydrogen-bond acceptors (Lipinski definition) is 2. The summed E-state index contributed by atoms with van der Waals surface area (Å²) in [6, 6.07) is 0.331. The van der Waals surface area contributed by atoms with Crippen LogP contribution in [0.15, 0.2) is 0 Å². The van der Waals surface area contributed by atoms with E-state index < -0.39 is 10.8 Å². The molecule has 0 amide bonds. The fraction of sp³-hybridized carbons (Fsp3) is 1.00. The first-order chi connectivity index (χ1) is 6.32. The van der Waals surface area contributed by atoms with Gasteiger partial charge < -0.3 is 5.32 Å². The first-order valence-corrected chi connectivity index (χ1v) is 6.75. The molecule has 3 unspecified atom stereocenters. The molecule has 0 aliphatic rings. The van der Waals surface area contributed by atoms with Crippen LogP contribution in [0.25, 0.3) is 0 Å². The maximum atomic E-state index is 11.9. The molecule has 0 spiro atoms.